The number of nitrogens with two attached hydrogens (primary N) is 1. The summed E-state index contributed by atoms with van der Waals surface area (Å²) in [6.45, 7) is 1.90. The molecule has 2 rings (SSSR count). The fourth-order valence-corrected chi connectivity index (χ4v) is 2.06. The Bertz CT molecular complexity index is 622. The van der Waals surface area contributed by atoms with Crippen molar-refractivity contribution in [2.24, 2.45) is 5.73 Å². The fraction of sp³-hybridized carbons (Fsp3) is 0.231. The number of benzene rings is 1. The number of thiocarbonyl (C=S) groups is 1. The third kappa shape index (κ3) is 2.39. The first-order chi connectivity index (χ1) is 9.08. The first kappa shape index (κ1) is 13.4. The number of ether oxygens (including phenoxy) is 2. The molecular weight excluding hydrogens is 262 g/mol. The second kappa shape index (κ2) is 5.27. The van der Waals surface area contributed by atoms with Crippen molar-refractivity contribution in [2.45, 2.75) is 6.92 Å². The van der Waals surface area contributed by atoms with Gasteiger partial charge in [-0.25, -0.2) is 4.68 Å². The standard InChI is InChI=1S/C13H15N3O2S/c1-8-10(13(14)19)7-15-16(8)11-6-9(17-2)4-5-12(11)18-3/h4-7H,1-3H3,(H2,14,19). The van der Waals surface area contributed by atoms with E-state index in [9.17, 15) is 0 Å². The molecule has 0 radical (unpaired) electrons. The number of aromatic nitrogens is 2. The van der Waals surface area contributed by atoms with Crippen LogP contribution in [0.3, 0.4) is 0 Å². The molecule has 0 atom stereocenters. The average molecular weight is 277 g/mol. The SMILES string of the molecule is COc1ccc(OC)c(-n2ncc(C(N)=S)c2C)c1. The lowest BCUT2D eigenvalue weighted by Gasteiger charge is -2.12. The highest BCUT2D eigenvalue weighted by Crippen LogP contribution is 2.28. The van der Waals surface area contributed by atoms with Gasteiger partial charge in [-0.15, -0.1) is 0 Å². The van der Waals surface area contributed by atoms with Gasteiger partial charge in [0.25, 0.3) is 0 Å². The maximum Gasteiger partial charge on any atom is 0.144 e. The van der Waals surface area contributed by atoms with E-state index in [2.05, 4.69) is 5.10 Å². The second-order valence-electron chi connectivity index (χ2n) is 3.96. The van der Waals surface area contributed by atoms with Gasteiger partial charge in [-0.05, 0) is 19.1 Å². The van der Waals surface area contributed by atoms with Gasteiger partial charge in [-0.2, -0.15) is 5.10 Å². The number of hydrogen-bond donors (Lipinski definition) is 1. The molecule has 0 fully saturated rings. The van der Waals surface area contributed by atoms with E-state index in [0.29, 0.717) is 10.7 Å². The van der Waals surface area contributed by atoms with Crippen molar-refractivity contribution in [1.29, 1.82) is 0 Å². The maximum absolute atomic E-state index is 5.65. The van der Waals surface area contributed by atoms with Gasteiger partial charge in [0.15, 0.2) is 0 Å². The van der Waals surface area contributed by atoms with Crippen LogP contribution >= 0.6 is 12.2 Å². The molecule has 0 spiro atoms. The molecule has 0 saturated carbocycles. The molecule has 100 valence electrons. The van der Waals surface area contributed by atoms with Crippen LogP contribution in [0.25, 0.3) is 5.69 Å². The number of rotatable bonds is 4. The predicted molar refractivity (Wildman–Crippen MR) is 77.3 cm³/mol. The Kier molecular flexibility index (Phi) is 3.71. The molecule has 0 aliphatic rings. The zero-order valence-electron chi connectivity index (χ0n) is 11.0. The predicted octanol–water partition coefficient (Wildman–Crippen LogP) is 1.83. The van der Waals surface area contributed by atoms with Crippen LogP contribution < -0.4 is 15.2 Å². The normalized spacial score (nSPS) is 10.3. The Morgan fingerprint density at radius 2 is 2.05 bits per heavy atom. The van der Waals surface area contributed by atoms with Crippen LogP contribution in [-0.4, -0.2) is 29.0 Å². The first-order valence-electron chi connectivity index (χ1n) is 5.65. The lowest BCUT2D eigenvalue weighted by molar-refractivity contribution is 0.400. The molecule has 1 heterocycles. The van der Waals surface area contributed by atoms with Crippen molar-refractivity contribution in [3.63, 3.8) is 0 Å². The van der Waals surface area contributed by atoms with Crippen LogP contribution in [0.5, 0.6) is 11.5 Å². The van der Waals surface area contributed by atoms with Crippen LogP contribution in [0.4, 0.5) is 0 Å². The summed E-state index contributed by atoms with van der Waals surface area (Å²) in [6, 6.07) is 5.51. The molecule has 0 amide bonds. The Labute approximate surface area is 116 Å². The summed E-state index contributed by atoms with van der Waals surface area (Å²) in [5.74, 6) is 1.42. The van der Waals surface area contributed by atoms with E-state index in [0.717, 1.165) is 22.7 Å². The molecule has 0 saturated heterocycles. The van der Waals surface area contributed by atoms with Crippen molar-refractivity contribution in [1.82, 2.24) is 9.78 Å². The molecule has 0 aliphatic heterocycles. The fourth-order valence-electron chi connectivity index (χ4n) is 1.86. The van der Waals surface area contributed by atoms with E-state index >= 15 is 0 Å². The lowest BCUT2D eigenvalue weighted by atomic mass is 10.2. The van der Waals surface area contributed by atoms with E-state index in [4.69, 9.17) is 27.4 Å². The molecule has 2 aromatic rings. The van der Waals surface area contributed by atoms with E-state index in [1.807, 2.05) is 25.1 Å². The zero-order valence-corrected chi connectivity index (χ0v) is 11.8. The lowest BCUT2D eigenvalue weighted by Crippen LogP contribution is -2.11. The molecule has 1 aromatic carbocycles. The van der Waals surface area contributed by atoms with Crippen molar-refractivity contribution in [2.75, 3.05) is 14.2 Å². The zero-order chi connectivity index (χ0) is 14.0. The van der Waals surface area contributed by atoms with E-state index in [1.54, 1.807) is 25.1 Å². The summed E-state index contributed by atoms with van der Waals surface area (Å²) in [7, 11) is 3.22. The van der Waals surface area contributed by atoms with Gasteiger partial charge in [-0.3, -0.25) is 0 Å². The minimum Gasteiger partial charge on any atom is -0.497 e. The molecule has 5 nitrogen and oxygen atoms in total. The molecule has 1 aromatic heterocycles. The van der Waals surface area contributed by atoms with Gasteiger partial charge in [0.1, 0.15) is 22.2 Å². The summed E-state index contributed by atoms with van der Waals surface area (Å²) in [5.41, 5.74) is 8.04. The Balaban J connectivity index is 2.60. The molecule has 0 unspecified atom stereocenters. The Morgan fingerprint density at radius 1 is 1.32 bits per heavy atom. The Hall–Kier alpha value is -2.08. The van der Waals surface area contributed by atoms with Crippen LogP contribution in [0.15, 0.2) is 24.4 Å². The second-order valence-corrected chi connectivity index (χ2v) is 4.40. The van der Waals surface area contributed by atoms with E-state index < -0.39 is 0 Å². The molecule has 2 N–H and O–H groups in total. The number of methoxy groups -OCH3 is 2. The van der Waals surface area contributed by atoms with Crippen LogP contribution in [0.1, 0.15) is 11.3 Å². The molecule has 0 bridgehead atoms. The van der Waals surface area contributed by atoms with Crippen molar-refractivity contribution in [3.05, 3.63) is 35.7 Å². The highest BCUT2D eigenvalue weighted by molar-refractivity contribution is 7.80. The smallest absolute Gasteiger partial charge is 0.144 e. The van der Waals surface area contributed by atoms with Gasteiger partial charge in [-0.1, -0.05) is 12.2 Å². The minimum atomic E-state index is 0.325. The largest absolute Gasteiger partial charge is 0.497 e. The van der Waals surface area contributed by atoms with Crippen molar-refractivity contribution >= 4 is 17.2 Å². The minimum absolute atomic E-state index is 0.325. The topological polar surface area (TPSA) is 62.3 Å². The highest BCUT2D eigenvalue weighted by atomic mass is 32.1. The van der Waals surface area contributed by atoms with Gasteiger partial charge >= 0.3 is 0 Å². The summed E-state index contributed by atoms with van der Waals surface area (Å²) >= 11 is 4.99. The van der Waals surface area contributed by atoms with Crippen LogP contribution in [-0.2, 0) is 0 Å². The first-order valence-corrected chi connectivity index (χ1v) is 6.06. The Morgan fingerprint density at radius 3 is 2.58 bits per heavy atom. The van der Waals surface area contributed by atoms with E-state index in [1.165, 1.54) is 0 Å². The van der Waals surface area contributed by atoms with Gasteiger partial charge in [0, 0.05) is 6.07 Å². The molecule has 0 aliphatic carbocycles. The van der Waals surface area contributed by atoms with Gasteiger partial charge < -0.3 is 15.2 Å². The van der Waals surface area contributed by atoms with E-state index in [-0.39, 0.29) is 0 Å². The third-order valence-corrected chi connectivity index (χ3v) is 3.11. The quantitative estimate of drug-likeness (QED) is 0.864. The summed E-state index contributed by atoms with van der Waals surface area (Å²) in [5, 5.41) is 4.30. The number of hydrogen-bond acceptors (Lipinski definition) is 4. The molecule has 19 heavy (non-hydrogen) atoms. The third-order valence-electron chi connectivity index (χ3n) is 2.89. The summed E-state index contributed by atoms with van der Waals surface area (Å²) in [4.78, 5) is 0.325. The van der Waals surface area contributed by atoms with Gasteiger partial charge in [0.05, 0.1) is 31.7 Å². The molecule has 6 heteroatoms. The highest BCUT2D eigenvalue weighted by Gasteiger charge is 2.14. The molecular formula is C13H15N3O2S. The van der Waals surface area contributed by atoms with Crippen molar-refractivity contribution in [3.8, 4) is 17.2 Å². The van der Waals surface area contributed by atoms with Crippen LogP contribution in [0.2, 0.25) is 0 Å². The average Bonchev–Trinajstić information content (AvgIpc) is 2.79. The number of nitrogens with zero attached hydrogens (tertiary/aromatic N) is 2. The summed E-state index contributed by atoms with van der Waals surface area (Å²) < 4.78 is 12.3. The maximum atomic E-state index is 5.65. The van der Waals surface area contributed by atoms with Gasteiger partial charge in [0.2, 0.25) is 0 Å². The summed E-state index contributed by atoms with van der Waals surface area (Å²) in [6.07, 6.45) is 1.65. The van der Waals surface area contributed by atoms with Crippen molar-refractivity contribution < 1.29 is 9.47 Å². The van der Waals surface area contributed by atoms with Crippen LogP contribution in [0, 0.1) is 6.92 Å². The monoisotopic (exact) mass is 277 g/mol.